The van der Waals surface area contributed by atoms with Gasteiger partial charge in [-0.25, -0.2) is 10.4 Å². The maximum atomic E-state index is 5.91. The molecule has 108 valence electrons. The molecule has 1 saturated carbocycles. The fraction of sp³-hybridized carbons (Fsp3) is 0.533. The molecule has 0 amide bonds. The van der Waals surface area contributed by atoms with Crippen LogP contribution >= 0.6 is 23.4 Å². The molecule has 1 aliphatic carbocycles. The molecule has 0 bridgehead atoms. The maximum Gasteiger partial charge on any atom is 0.180 e. The molecule has 1 N–H and O–H groups in total. The number of hydrogen-bond acceptors (Lipinski definition) is 3. The van der Waals surface area contributed by atoms with Crippen molar-refractivity contribution in [3.63, 3.8) is 0 Å². The lowest BCUT2D eigenvalue weighted by atomic mass is 9.87. The number of nitrogens with zero attached hydrogens (tertiary/aromatic N) is 2. The quantitative estimate of drug-likeness (QED) is 0.832. The minimum Gasteiger partial charge on any atom is -0.288 e. The normalized spacial score (nSPS) is 32.2. The number of benzene rings is 1. The molecule has 3 nitrogen and oxygen atoms in total. The monoisotopic (exact) mass is 309 g/mol. The summed E-state index contributed by atoms with van der Waals surface area (Å²) in [6, 6.07) is 7.67. The molecule has 5 heteroatoms. The van der Waals surface area contributed by atoms with E-state index >= 15 is 0 Å². The first-order valence-electron chi connectivity index (χ1n) is 7.11. The van der Waals surface area contributed by atoms with Crippen LogP contribution in [-0.4, -0.2) is 22.1 Å². The van der Waals surface area contributed by atoms with E-state index < -0.39 is 0 Å². The van der Waals surface area contributed by atoms with E-state index in [1.807, 2.05) is 36.0 Å². The number of hydrazine groups is 1. The van der Waals surface area contributed by atoms with Crippen LogP contribution in [0.3, 0.4) is 0 Å². The molecule has 3 rings (SSSR count). The Morgan fingerprint density at radius 2 is 1.95 bits per heavy atom. The summed E-state index contributed by atoms with van der Waals surface area (Å²) < 4.78 is 0. The summed E-state index contributed by atoms with van der Waals surface area (Å²) >= 11 is 7.79. The molecule has 2 fully saturated rings. The summed E-state index contributed by atoms with van der Waals surface area (Å²) in [7, 11) is 2.05. The van der Waals surface area contributed by atoms with Crippen molar-refractivity contribution in [1.29, 1.82) is 0 Å². The fourth-order valence-electron chi connectivity index (χ4n) is 2.79. The molecule has 1 aliphatic heterocycles. The van der Waals surface area contributed by atoms with Crippen molar-refractivity contribution in [2.24, 2.45) is 10.9 Å². The number of thioether (sulfide) groups is 1. The smallest absolute Gasteiger partial charge is 0.180 e. The predicted octanol–water partition coefficient (Wildman–Crippen LogP) is 4.42. The van der Waals surface area contributed by atoms with Crippen molar-refractivity contribution in [1.82, 2.24) is 10.4 Å². The van der Waals surface area contributed by atoms with E-state index in [-0.39, 0.29) is 4.87 Å². The largest absolute Gasteiger partial charge is 0.288 e. The molecule has 20 heavy (non-hydrogen) atoms. The van der Waals surface area contributed by atoms with Crippen molar-refractivity contribution in [2.75, 3.05) is 7.05 Å². The number of hydrogen-bond donors (Lipinski definition) is 1. The van der Waals surface area contributed by atoms with E-state index in [1.165, 1.54) is 25.7 Å². The first-order chi connectivity index (χ1) is 9.56. The topological polar surface area (TPSA) is 27.6 Å². The molecule has 0 aromatic heterocycles. The number of rotatable bonds is 1. The predicted molar refractivity (Wildman–Crippen MR) is 87.4 cm³/mol. The van der Waals surface area contributed by atoms with Gasteiger partial charge in [0.2, 0.25) is 0 Å². The van der Waals surface area contributed by atoms with E-state index in [4.69, 9.17) is 16.6 Å². The number of halogens is 1. The van der Waals surface area contributed by atoms with Gasteiger partial charge in [0.25, 0.3) is 0 Å². The van der Waals surface area contributed by atoms with Crippen LogP contribution < -0.4 is 5.43 Å². The Morgan fingerprint density at radius 1 is 1.30 bits per heavy atom. The first kappa shape index (κ1) is 14.2. The highest BCUT2D eigenvalue weighted by molar-refractivity contribution is 8.15. The Balaban J connectivity index is 1.76. The van der Waals surface area contributed by atoms with Gasteiger partial charge in [-0.1, -0.05) is 30.3 Å². The molecular weight excluding hydrogens is 290 g/mol. The Bertz CT molecular complexity index is 506. The van der Waals surface area contributed by atoms with Crippen molar-refractivity contribution in [3.05, 3.63) is 29.3 Å². The third-order valence-corrected chi connectivity index (χ3v) is 5.77. The van der Waals surface area contributed by atoms with Gasteiger partial charge in [0.15, 0.2) is 5.17 Å². The van der Waals surface area contributed by atoms with Gasteiger partial charge in [-0.2, -0.15) is 0 Å². The van der Waals surface area contributed by atoms with Crippen LogP contribution in [0.25, 0.3) is 0 Å². The molecule has 2 aliphatic rings. The van der Waals surface area contributed by atoms with Crippen LogP contribution in [0.2, 0.25) is 5.02 Å². The number of amidine groups is 1. The molecule has 1 saturated heterocycles. The molecular formula is C15H20ClN3S. The Hall–Kier alpha value is -0.710. The summed E-state index contributed by atoms with van der Waals surface area (Å²) in [6.45, 7) is 2.35. The molecule has 0 unspecified atom stereocenters. The lowest BCUT2D eigenvalue weighted by Crippen LogP contribution is -2.45. The van der Waals surface area contributed by atoms with Crippen LogP contribution in [0.1, 0.15) is 32.6 Å². The first-order valence-corrected chi connectivity index (χ1v) is 8.31. The van der Waals surface area contributed by atoms with Gasteiger partial charge in [0.05, 0.1) is 10.6 Å². The van der Waals surface area contributed by atoms with Gasteiger partial charge in [0, 0.05) is 12.1 Å². The highest BCUT2D eigenvalue weighted by atomic mass is 35.5. The SMILES string of the molecule is CC1CCC2(CC1)NN(C)C(=Nc1ccc(Cl)cc1)S2. The van der Waals surface area contributed by atoms with Crippen LogP contribution in [0, 0.1) is 5.92 Å². The summed E-state index contributed by atoms with van der Waals surface area (Å²) in [5, 5.41) is 3.86. The standard InChI is InChI=1S/C15H20ClN3S/c1-11-7-9-15(10-8-11)18-19(2)14(20-15)17-13-5-3-12(16)4-6-13/h3-6,11,18H,7-10H2,1-2H3. The van der Waals surface area contributed by atoms with Gasteiger partial charge < -0.3 is 0 Å². The van der Waals surface area contributed by atoms with Crippen molar-refractivity contribution < 1.29 is 0 Å². The summed E-state index contributed by atoms with van der Waals surface area (Å²) in [6.07, 6.45) is 5.01. The van der Waals surface area contributed by atoms with Gasteiger partial charge in [-0.15, -0.1) is 0 Å². The third kappa shape index (κ3) is 2.97. The number of aliphatic imine (C=N–C) groups is 1. The fourth-order valence-corrected chi connectivity index (χ4v) is 4.22. The van der Waals surface area contributed by atoms with Crippen LogP contribution in [-0.2, 0) is 0 Å². The molecule has 1 aromatic carbocycles. The lowest BCUT2D eigenvalue weighted by Gasteiger charge is -2.34. The molecule has 0 atom stereocenters. The zero-order chi connectivity index (χ0) is 14.2. The molecule has 1 heterocycles. The zero-order valence-electron chi connectivity index (χ0n) is 11.9. The lowest BCUT2D eigenvalue weighted by molar-refractivity contribution is 0.216. The van der Waals surface area contributed by atoms with Gasteiger partial charge in [-0.05, 0) is 55.9 Å². The highest BCUT2D eigenvalue weighted by Gasteiger charge is 2.43. The Morgan fingerprint density at radius 3 is 2.60 bits per heavy atom. The van der Waals surface area contributed by atoms with Crippen molar-refractivity contribution in [2.45, 2.75) is 37.5 Å². The second-order valence-electron chi connectivity index (χ2n) is 5.82. The van der Waals surface area contributed by atoms with Crippen molar-refractivity contribution >= 4 is 34.2 Å². The Labute approximate surface area is 129 Å². The summed E-state index contributed by atoms with van der Waals surface area (Å²) in [5.74, 6) is 0.852. The molecule has 1 spiro atoms. The van der Waals surface area contributed by atoms with Gasteiger partial charge in [-0.3, -0.25) is 5.01 Å². The summed E-state index contributed by atoms with van der Waals surface area (Å²) in [4.78, 5) is 4.89. The molecule has 0 radical (unpaired) electrons. The minimum atomic E-state index is 0.159. The average molecular weight is 310 g/mol. The van der Waals surface area contributed by atoms with Gasteiger partial charge >= 0.3 is 0 Å². The van der Waals surface area contributed by atoms with Crippen LogP contribution in [0.5, 0.6) is 0 Å². The van der Waals surface area contributed by atoms with Gasteiger partial charge in [0.1, 0.15) is 0 Å². The second-order valence-corrected chi connectivity index (χ2v) is 7.61. The van der Waals surface area contributed by atoms with E-state index in [9.17, 15) is 0 Å². The van der Waals surface area contributed by atoms with E-state index in [2.05, 4.69) is 24.4 Å². The van der Waals surface area contributed by atoms with Crippen LogP contribution in [0.4, 0.5) is 5.69 Å². The van der Waals surface area contributed by atoms with E-state index in [1.54, 1.807) is 0 Å². The second kappa shape index (κ2) is 5.58. The average Bonchev–Trinajstić information content (AvgIpc) is 2.73. The highest BCUT2D eigenvalue weighted by Crippen LogP contribution is 2.44. The number of nitrogens with one attached hydrogen (secondary N) is 1. The zero-order valence-corrected chi connectivity index (χ0v) is 13.5. The minimum absolute atomic E-state index is 0.159. The molecule has 1 aromatic rings. The Kier molecular flexibility index (Phi) is 3.98. The van der Waals surface area contributed by atoms with E-state index in [0.717, 1.165) is 21.8 Å². The van der Waals surface area contributed by atoms with Crippen molar-refractivity contribution in [3.8, 4) is 0 Å². The third-order valence-electron chi connectivity index (χ3n) is 4.08. The maximum absolute atomic E-state index is 5.91. The summed E-state index contributed by atoms with van der Waals surface area (Å²) in [5.41, 5.74) is 4.56. The van der Waals surface area contributed by atoms with Crippen LogP contribution in [0.15, 0.2) is 29.3 Å². The van der Waals surface area contributed by atoms with E-state index in [0.29, 0.717) is 0 Å².